The number of hydrogen-bond donors (Lipinski definition) is 2. The number of carbonyl (C=O) groups is 1. The first kappa shape index (κ1) is 13.2. The normalized spacial score (nSPS) is 10.2. The van der Waals surface area contributed by atoms with Crippen LogP contribution in [0.15, 0.2) is 42.9 Å². The molecular formula is C14H16N4O. The van der Waals surface area contributed by atoms with Crippen molar-refractivity contribution < 1.29 is 4.79 Å². The number of nitrogens with zero attached hydrogens (tertiary/aromatic N) is 2. The molecule has 1 heterocycles. The number of carbonyl (C=O) groups excluding carboxylic acids is 1. The van der Waals surface area contributed by atoms with Crippen molar-refractivity contribution in [3.8, 4) is 0 Å². The number of benzene rings is 1. The molecule has 0 unspecified atom stereocenters. The molecule has 0 aliphatic heterocycles. The second-order valence-electron chi connectivity index (χ2n) is 4.17. The molecule has 0 fully saturated rings. The minimum Gasteiger partial charge on any atom is -0.350 e. The van der Waals surface area contributed by atoms with Gasteiger partial charge in [0.25, 0.3) is 0 Å². The molecule has 5 nitrogen and oxygen atoms in total. The molecule has 98 valence electrons. The predicted molar refractivity (Wildman–Crippen MR) is 71.9 cm³/mol. The average Bonchev–Trinajstić information content (AvgIpc) is 2.47. The highest BCUT2D eigenvalue weighted by Gasteiger charge is 2.03. The number of nitrogens with two attached hydrogens (primary N) is 1. The van der Waals surface area contributed by atoms with E-state index in [1.165, 1.54) is 6.33 Å². The Labute approximate surface area is 111 Å². The van der Waals surface area contributed by atoms with Crippen LogP contribution in [0.3, 0.4) is 0 Å². The van der Waals surface area contributed by atoms with E-state index >= 15 is 0 Å². The van der Waals surface area contributed by atoms with E-state index in [0.717, 1.165) is 16.8 Å². The van der Waals surface area contributed by atoms with Crippen LogP contribution in [0.4, 0.5) is 0 Å². The zero-order valence-corrected chi connectivity index (χ0v) is 10.5. The molecule has 0 radical (unpaired) electrons. The van der Waals surface area contributed by atoms with Gasteiger partial charge < -0.3 is 11.1 Å². The van der Waals surface area contributed by atoms with Gasteiger partial charge in [-0.25, -0.2) is 9.97 Å². The number of nitrogens with one attached hydrogen (secondary N) is 1. The average molecular weight is 256 g/mol. The summed E-state index contributed by atoms with van der Waals surface area (Å²) in [6, 6.07) is 9.50. The molecule has 0 bridgehead atoms. The second kappa shape index (κ2) is 6.61. The van der Waals surface area contributed by atoms with E-state index < -0.39 is 0 Å². The first-order chi connectivity index (χ1) is 9.28. The summed E-state index contributed by atoms with van der Waals surface area (Å²) in [5, 5.41) is 2.82. The van der Waals surface area contributed by atoms with Crippen LogP contribution in [0.5, 0.6) is 0 Å². The van der Waals surface area contributed by atoms with Gasteiger partial charge in [0.1, 0.15) is 6.33 Å². The van der Waals surface area contributed by atoms with Crippen molar-refractivity contribution in [2.75, 3.05) is 0 Å². The summed E-state index contributed by atoms with van der Waals surface area (Å²) in [4.78, 5) is 19.6. The van der Waals surface area contributed by atoms with Crippen LogP contribution in [0.1, 0.15) is 16.8 Å². The number of hydrogen-bond acceptors (Lipinski definition) is 4. The smallest absolute Gasteiger partial charge is 0.224 e. The molecule has 0 saturated heterocycles. The second-order valence-corrected chi connectivity index (χ2v) is 4.17. The number of amides is 1. The van der Waals surface area contributed by atoms with Crippen LogP contribution in [0.25, 0.3) is 0 Å². The highest BCUT2D eigenvalue weighted by Crippen LogP contribution is 2.04. The Morgan fingerprint density at radius 2 is 1.89 bits per heavy atom. The molecule has 2 rings (SSSR count). The fraction of sp³-hybridized carbons (Fsp3) is 0.214. The van der Waals surface area contributed by atoms with Gasteiger partial charge in [0.05, 0.1) is 18.7 Å². The quantitative estimate of drug-likeness (QED) is 0.829. The van der Waals surface area contributed by atoms with Crippen molar-refractivity contribution in [2.45, 2.75) is 19.5 Å². The number of aromatic nitrogens is 2. The monoisotopic (exact) mass is 256 g/mol. The molecule has 1 aromatic heterocycles. The van der Waals surface area contributed by atoms with Crippen LogP contribution < -0.4 is 11.1 Å². The number of rotatable bonds is 5. The standard InChI is InChI=1S/C14H16N4O/c15-8-12-3-1-11(2-4-12)7-14(19)17-9-13-5-6-16-10-18-13/h1-6,10H,7-9,15H2,(H,17,19). The van der Waals surface area contributed by atoms with Crippen molar-refractivity contribution in [2.24, 2.45) is 5.73 Å². The zero-order valence-electron chi connectivity index (χ0n) is 10.5. The van der Waals surface area contributed by atoms with Crippen molar-refractivity contribution in [3.63, 3.8) is 0 Å². The van der Waals surface area contributed by atoms with E-state index in [-0.39, 0.29) is 5.91 Å². The fourth-order valence-corrected chi connectivity index (χ4v) is 1.65. The summed E-state index contributed by atoms with van der Waals surface area (Å²) < 4.78 is 0. The minimum atomic E-state index is -0.0286. The van der Waals surface area contributed by atoms with Gasteiger partial charge in [-0.15, -0.1) is 0 Å². The molecule has 0 aliphatic rings. The molecule has 1 aromatic carbocycles. The van der Waals surface area contributed by atoms with Crippen LogP contribution >= 0.6 is 0 Å². The lowest BCUT2D eigenvalue weighted by atomic mass is 10.1. The molecule has 0 saturated carbocycles. The van der Waals surface area contributed by atoms with Crippen LogP contribution in [0, 0.1) is 0 Å². The Morgan fingerprint density at radius 3 is 2.53 bits per heavy atom. The predicted octanol–water partition coefficient (Wildman–Crippen LogP) is 0.794. The Morgan fingerprint density at radius 1 is 1.16 bits per heavy atom. The summed E-state index contributed by atoms with van der Waals surface area (Å²) in [5.41, 5.74) is 8.35. The van der Waals surface area contributed by atoms with E-state index in [1.807, 2.05) is 24.3 Å². The third-order valence-corrected chi connectivity index (χ3v) is 2.73. The maximum atomic E-state index is 11.8. The van der Waals surface area contributed by atoms with Crippen molar-refractivity contribution >= 4 is 5.91 Å². The SMILES string of the molecule is NCc1ccc(CC(=O)NCc2ccncn2)cc1. The largest absolute Gasteiger partial charge is 0.350 e. The Hall–Kier alpha value is -2.27. The van der Waals surface area contributed by atoms with E-state index in [9.17, 15) is 4.79 Å². The fourth-order valence-electron chi connectivity index (χ4n) is 1.65. The van der Waals surface area contributed by atoms with Gasteiger partial charge in [-0.3, -0.25) is 4.79 Å². The van der Waals surface area contributed by atoms with Gasteiger partial charge in [0.15, 0.2) is 0 Å². The summed E-state index contributed by atoms with van der Waals surface area (Å²) in [6.45, 7) is 0.933. The van der Waals surface area contributed by atoms with Crippen molar-refractivity contribution in [1.29, 1.82) is 0 Å². The maximum absolute atomic E-state index is 11.8. The van der Waals surface area contributed by atoms with Crippen molar-refractivity contribution in [1.82, 2.24) is 15.3 Å². The maximum Gasteiger partial charge on any atom is 0.224 e. The van der Waals surface area contributed by atoms with E-state index in [0.29, 0.717) is 19.5 Å². The summed E-state index contributed by atoms with van der Waals surface area (Å²) in [6.07, 6.45) is 3.48. The highest BCUT2D eigenvalue weighted by molar-refractivity contribution is 5.78. The lowest BCUT2D eigenvalue weighted by Crippen LogP contribution is -2.25. The van der Waals surface area contributed by atoms with Crippen LogP contribution in [-0.2, 0) is 24.3 Å². The Bertz CT molecular complexity index is 525. The summed E-state index contributed by atoms with van der Waals surface area (Å²) in [7, 11) is 0. The topological polar surface area (TPSA) is 80.9 Å². The first-order valence-corrected chi connectivity index (χ1v) is 6.07. The first-order valence-electron chi connectivity index (χ1n) is 6.07. The zero-order chi connectivity index (χ0) is 13.5. The van der Waals surface area contributed by atoms with E-state index in [1.54, 1.807) is 12.3 Å². The van der Waals surface area contributed by atoms with Gasteiger partial charge in [0.2, 0.25) is 5.91 Å². The van der Waals surface area contributed by atoms with Gasteiger partial charge in [-0.1, -0.05) is 24.3 Å². The van der Waals surface area contributed by atoms with Gasteiger partial charge in [-0.05, 0) is 17.2 Å². The minimum absolute atomic E-state index is 0.0286. The van der Waals surface area contributed by atoms with Gasteiger partial charge in [0, 0.05) is 12.7 Å². The molecule has 0 aliphatic carbocycles. The van der Waals surface area contributed by atoms with Crippen LogP contribution in [0.2, 0.25) is 0 Å². The van der Waals surface area contributed by atoms with E-state index in [2.05, 4.69) is 15.3 Å². The van der Waals surface area contributed by atoms with Gasteiger partial charge >= 0.3 is 0 Å². The van der Waals surface area contributed by atoms with Crippen molar-refractivity contribution in [3.05, 3.63) is 59.7 Å². The summed E-state index contributed by atoms with van der Waals surface area (Å²) in [5.74, 6) is -0.0286. The Balaban J connectivity index is 1.83. The Kier molecular flexibility index (Phi) is 4.58. The van der Waals surface area contributed by atoms with Gasteiger partial charge in [-0.2, -0.15) is 0 Å². The molecule has 3 N–H and O–H groups in total. The molecule has 19 heavy (non-hydrogen) atoms. The molecule has 1 amide bonds. The van der Waals surface area contributed by atoms with Crippen LogP contribution in [-0.4, -0.2) is 15.9 Å². The molecule has 0 spiro atoms. The third-order valence-electron chi connectivity index (χ3n) is 2.73. The highest BCUT2D eigenvalue weighted by atomic mass is 16.1. The van der Waals surface area contributed by atoms with E-state index in [4.69, 9.17) is 5.73 Å². The summed E-state index contributed by atoms with van der Waals surface area (Å²) >= 11 is 0. The molecular weight excluding hydrogens is 240 g/mol. The molecule has 2 aromatic rings. The third kappa shape index (κ3) is 4.15. The lowest BCUT2D eigenvalue weighted by Gasteiger charge is -2.05. The lowest BCUT2D eigenvalue weighted by molar-refractivity contribution is -0.120. The molecule has 5 heteroatoms. The molecule has 0 atom stereocenters.